The van der Waals surface area contributed by atoms with Gasteiger partial charge in [0.25, 0.3) is 0 Å². The Morgan fingerprint density at radius 3 is 2.44 bits per heavy atom. The van der Waals surface area contributed by atoms with E-state index in [0.29, 0.717) is 29.6 Å². The van der Waals surface area contributed by atoms with Gasteiger partial charge in [-0.2, -0.15) is 0 Å². The Labute approximate surface area is 191 Å². The van der Waals surface area contributed by atoms with Crippen LogP contribution in [-0.4, -0.2) is 53.9 Å². The number of hydrogen-bond acceptors (Lipinski definition) is 7. The van der Waals surface area contributed by atoms with Crippen LogP contribution in [0.3, 0.4) is 0 Å². The molecule has 2 amide bonds. The summed E-state index contributed by atoms with van der Waals surface area (Å²) in [6.45, 7) is 2.36. The summed E-state index contributed by atoms with van der Waals surface area (Å²) in [4.78, 5) is 43.2. The number of nitrogens with zero attached hydrogens (tertiary/aromatic N) is 2. The minimum absolute atomic E-state index is 0.0846. The third-order valence-electron chi connectivity index (χ3n) is 4.78. The van der Waals surface area contributed by atoms with E-state index in [1.807, 2.05) is 24.3 Å². The first-order valence-corrected chi connectivity index (χ1v) is 11.0. The minimum Gasteiger partial charge on any atom is -0.497 e. The lowest BCUT2D eigenvalue weighted by molar-refractivity contribution is -0.130. The number of thioether (sulfide) groups is 1. The molecule has 1 fully saturated rings. The van der Waals surface area contributed by atoms with Crippen molar-refractivity contribution in [2.45, 2.75) is 25.1 Å². The lowest BCUT2D eigenvalue weighted by atomic mass is 10.2. The number of amidine groups is 1. The number of nitrogens with one attached hydrogen (secondary N) is 1. The molecular formula is C23H25N3O5S. The molecule has 0 spiro atoms. The number of benzene rings is 2. The van der Waals surface area contributed by atoms with Crippen LogP contribution in [0.4, 0.5) is 5.69 Å². The molecule has 3 rings (SSSR count). The minimum atomic E-state index is -0.558. The highest BCUT2D eigenvalue weighted by molar-refractivity contribution is 8.15. The summed E-state index contributed by atoms with van der Waals surface area (Å²) in [5, 5.41) is 2.47. The number of esters is 1. The van der Waals surface area contributed by atoms with Crippen molar-refractivity contribution in [2.24, 2.45) is 4.99 Å². The zero-order valence-electron chi connectivity index (χ0n) is 18.2. The molecular weight excluding hydrogens is 430 g/mol. The van der Waals surface area contributed by atoms with Gasteiger partial charge in [0.15, 0.2) is 5.17 Å². The van der Waals surface area contributed by atoms with E-state index in [9.17, 15) is 14.4 Å². The van der Waals surface area contributed by atoms with Gasteiger partial charge in [0.2, 0.25) is 11.8 Å². The van der Waals surface area contributed by atoms with E-state index < -0.39 is 11.2 Å². The number of rotatable bonds is 7. The van der Waals surface area contributed by atoms with Gasteiger partial charge in [-0.25, -0.2) is 9.79 Å². The van der Waals surface area contributed by atoms with Gasteiger partial charge >= 0.3 is 5.97 Å². The van der Waals surface area contributed by atoms with Gasteiger partial charge < -0.3 is 14.8 Å². The van der Waals surface area contributed by atoms with E-state index in [2.05, 4.69) is 10.3 Å². The molecule has 2 aromatic rings. The topological polar surface area (TPSA) is 97.3 Å². The molecule has 2 aromatic carbocycles. The largest absolute Gasteiger partial charge is 0.497 e. The van der Waals surface area contributed by atoms with Gasteiger partial charge in [0.05, 0.1) is 36.8 Å². The molecule has 1 aliphatic rings. The summed E-state index contributed by atoms with van der Waals surface area (Å²) in [7, 11) is 3.14. The fourth-order valence-corrected chi connectivity index (χ4v) is 4.23. The Bertz CT molecular complexity index is 1010. The Morgan fingerprint density at radius 1 is 1.16 bits per heavy atom. The van der Waals surface area contributed by atoms with E-state index in [1.54, 1.807) is 50.2 Å². The van der Waals surface area contributed by atoms with Gasteiger partial charge in [-0.15, -0.1) is 0 Å². The molecule has 8 nitrogen and oxygen atoms in total. The van der Waals surface area contributed by atoms with Crippen LogP contribution in [0, 0.1) is 0 Å². The van der Waals surface area contributed by atoms with Crippen LogP contribution in [0.15, 0.2) is 53.5 Å². The summed E-state index contributed by atoms with van der Waals surface area (Å²) in [5.74, 6) is -0.0917. The molecule has 0 unspecified atom stereocenters. The lowest BCUT2D eigenvalue weighted by Gasteiger charge is -2.31. The fourth-order valence-electron chi connectivity index (χ4n) is 3.07. The summed E-state index contributed by atoms with van der Waals surface area (Å²) in [6.07, 6.45) is 0.0846. The van der Waals surface area contributed by atoms with Gasteiger partial charge in [-0.3, -0.25) is 14.5 Å². The van der Waals surface area contributed by atoms with Crippen LogP contribution < -0.4 is 10.1 Å². The van der Waals surface area contributed by atoms with Crippen molar-refractivity contribution in [2.75, 3.05) is 20.8 Å². The van der Waals surface area contributed by atoms with Crippen LogP contribution in [0.5, 0.6) is 5.75 Å². The highest BCUT2D eigenvalue weighted by Crippen LogP contribution is 2.30. The maximum Gasteiger partial charge on any atom is 0.338 e. The molecule has 9 heteroatoms. The summed E-state index contributed by atoms with van der Waals surface area (Å²) in [5.41, 5.74) is 1.88. The second-order valence-electron chi connectivity index (χ2n) is 6.91. The average molecular weight is 456 g/mol. The molecule has 1 saturated heterocycles. The highest BCUT2D eigenvalue weighted by atomic mass is 32.2. The van der Waals surface area contributed by atoms with Crippen LogP contribution in [0.1, 0.15) is 29.3 Å². The van der Waals surface area contributed by atoms with Crippen molar-refractivity contribution in [1.82, 2.24) is 10.2 Å². The molecule has 1 N–H and O–H groups in total. The van der Waals surface area contributed by atoms with E-state index in [0.717, 1.165) is 11.3 Å². The molecule has 0 bridgehead atoms. The SMILES string of the molecule is CCOC(=O)c1ccc(N=C2S[C@H](C(=O)NC)CC(=O)N2Cc2ccc(OC)cc2)cc1. The zero-order chi connectivity index (χ0) is 23.1. The maximum atomic E-state index is 12.9. The zero-order valence-corrected chi connectivity index (χ0v) is 19.0. The molecule has 1 heterocycles. The number of ether oxygens (including phenoxy) is 2. The highest BCUT2D eigenvalue weighted by Gasteiger charge is 2.35. The smallest absolute Gasteiger partial charge is 0.338 e. The van der Waals surface area contributed by atoms with Crippen LogP contribution >= 0.6 is 11.8 Å². The van der Waals surface area contributed by atoms with Crippen molar-refractivity contribution >= 4 is 40.4 Å². The molecule has 0 radical (unpaired) electrons. The fraction of sp³-hybridized carbons (Fsp3) is 0.304. The third-order valence-corrected chi connectivity index (χ3v) is 5.97. The molecule has 0 saturated carbocycles. The van der Waals surface area contributed by atoms with E-state index in [1.165, 1.54) is 11.8 Å². The normalized spacial score (nSPS) is 17.2. The first-order chi connectivity index (χ1) is 15.4. The predicted octanol–water partition coefficient (Wildman–Crippen LogP) is 3.14. The number of hydrogen-bond donors (Lipinski definition) is 1. The molecule has 168 valence electrons. The molecule has 1 aliphatic heterocycles. The number of amides is 2. The van der Waals surface area contributed by atoms with Crippen molar-refractivity contribution in [3.8, 4) is 5.75 Å². The Hall–Kier alpha value is -3.33. The summed E-state index contributed by atoms with van der Waals surface area (Å²) < 4.78 is 10.2. The van der Waals surface area contributed by atoms with Crippen LogP contribution in [-0.2, 0) is 20.9 Å². The first-order valence-electron chi connectivity index (χ1n) is 10.1. The monoisotopic (exact) mass is 455 g/mol. The predicted molar refractivity (Wildman–Crippen MR) is 123 cm³/mol. The summed E-state index contributed by atoms with van der Waals surface area (Å²) in [6, 6.07) is 14.0. The number of carbonyl (C=O) groups excluding carboxylic acids is 3. The summed E-state index contributed by atoms with van der Waals surface area (Å²) >= 11 is 1.24. The van der Waals surface area contributed by atoms with Gasteiger partial charge in [-0.05, 0) is 48.9 Å². The van der Waals surface area contributed by atoms with Crippen LogP contribution in [0.2, 0.25) is 0 Å². The Kier molecular flexibility index (Phi) is 7.88. The maximum absolute atomic E-state index is 12.9. The second-order valence-corrected chi connectivity index (χ2v) is 8.08. The number of carbonyl (C=O) groups is 3. The van der Waals surface area contributed by atoms with Gasteiger partial charge in [0, 0.05) is 13.5 Å². The van der Waals surface area contributed by atoms with Crippen molar-refractivity contribution in [3.05, 3.63) is 59.7 Å². The first kappa shape index (κ1) is 23.3. The third kappa shape index (κ3) is 5.67. The molecule has 0 aliphatic carbocycles. The molecule has 1 atom stereocenters. The lowest BCUT2D eigenvalue weighted by Crippen LogP contribution is -2.45. The van der Waals surface area contributed by atoms with Crippen LogP contribution in [0.25, 0.3) is 0 Å². The van der Waals surface area contributed by atoms with E-state index in [4.69, 9.17) is 9.47 Å². The Balaban J connectivity index is 1.88. The molecule has 0 aromatic heterocycles. The van der Waals surface area contributed by atoms with E-state index in [-0.39, 0.29) is 18.2 Å². The van der Waals surface area contributed by atoms with Gasteiger partial charge in [-0.1, -0.05) is 23.9 Å². The van der Waals surface area contributed by atoms with Crippen molar-refractivity contribution in [1.29, 1.82) is 0 Å². The standard InChI is InChI=1S/C23H25N3O5S/c1-4-31-22(29)16-7-9-17(10-8-16)25-23-26(14-15-5-11-18(30-3)12-6-15)20(27)13-19(32-23)21(28)24-2/h5-12,19H,4,13-14H2,1-3H3,(H,24,28)/t19-/m0/s1. The van der Waals surface area contributed by atoms with Crippen molar-refractivity contribution < 1.29 is 23.9 Å². The molecule has 32 heavy (non-hydrogen) atoms. The van der Waals surface area contributed by atoms with E-state index >= 15 is 0 Å². The number of methoxy groups -OCH3 is 1. The second kappa shape index (κ2) is 10.8. The Morgan fingerprint density at radius 2 is 1.84 bits per heavy atom. The van der Waals surface area contributed by atoms with Gasteiger partial charge in [0.1, 0.15) is 5.75 Å². The number of aliphatic imine (C=N–C) groups is 1. The van der Waals surface area contributed by atoms with Crippen molar-refractivity contribution in [3.63, 3.8) is 0 Å². The average Bonchev–Trinajstić information content (AvgIpc) is 2.81. The quantitative estimate of drug-likeness (QED) is 0.645.